The van der Waals surface area contributed by atoms with E-state index in [0.29, 0.717) is 37.8 Å². The van der Waals surface area contributed by atoms with Crippen LogP contribution in [0.3, 0.4) is 0 Å². The first-order valence-corrected chi connectivity index (χ1v) is 6.26. The summed E-state index contributed by atoms with van der Waals surface area (Å²) in [7, 11) is 0. The second kappa shape index (κ2) is 7.52. The van der Waals surface area contributed by atoms with Gasteiger partial charge in [0.15, 0.2) is 0 Å². The van der Waals surface area contributed by atoms with Gasteiger partial charge < -0.3 is 10.1 Å². The van der Waals surface area contributed by atoms with Crippen molar-refractivity contribution in [2.24, 2.45) is 0 Å². The average Bonchev–Trinajstić information content (AvgIpc) is 2.69. The molecule has 1 N–H and O–H groups in total. The SMILES string of the molecule is C=CCCOCCNc1c([N+](=O)[O-])c(C)nn1CC. The van der Waals surface area contributed by atoms with Gasteiger partial charge in [0.05, 0.1) is 18.1 Å². The van der Waals surface area contributed by atoms with Gasteiger partial charge in [-0.1, -0.05) is 6.08 Å². The van der Waals surface area contributed by atoms with E-state index in [4.69, 9.17) is 4.74 Å². The Morgan fingerprint density at radius 1 is 1.58 bits per heavy atom. The zero-order valence-electron chi connectivity index (χ0n) is 11.4. The smallest absolute Gasteiger partial charge is 0.333 e. The molecule has 0 saturated heterocycles. The van der Waals surface area contributed by atoms with Crippen LogP contribution in [0.2, 0.25) is 0 Å². The van der Waals surface area contributed by atoms with Crippen LogP contribution in [-0.2, 0) is 11.3 Å². The van der Waals surface area contributed by atoms with Crippen molar-refractivity contribution in [3.05, 3.63) is 28.5 Å². The fourth-order valence-corrected chi connectivity index (χ4v) is 1.70. The molecule has 0 amide bonds. The Morgan fingerprint density at radius 3 is 2.89 bits per heavy atom. The lowest BCUT2D eigenvalue weighted by Crippen LogP contribution is -2.14. The van der Waals surface area contributed by atoms with E-state index < -0.39 is 4.92 Å². The Hall–Kier alpha value is -1.89. The molecule has 0 aliphatic rings. The summed E-state index contributed by atoms with van der Waals surface area (Å²) >= 11 is 0. The number of hydrogen-bond donors (Lipinski definition) is 1. The van der Waals surface area contributed by atoms with Crippen molar-refractivity contribution < 1.29 is 9.66 Å². The number of nitrogens with zero attached hydrogens (tertiary/aromatic N) is 3. The van der Waals surface area contributed by atoms with Gasteiger partial charge in [-0.3, -0.25) is 10.1 Å². The highest BCUT2D eigenvalue weighted by Gasteiger charge is 2.24. The summed E-state index contributed by atoms with van der Waals surface area (Å²) in [6.07, 6.45) is 2.58. The highest BCUT2D eigenvalue weighted by molar-refractivity contribution is 5.59. The Balaban J connectivity index is 2.61. The van der Waals surface area contributed by atoms with Gasteiger partial charge in [-0.15, -0.1) is 6.58 Å². The minimum absolute atomic E-state index is 0.0351. The van der Waals surface area contributed by atoms with Crippen molar-refractivity contribution >= 4 is 11.5 Å². The minimum atomic E-state index is -0.407. The number of anilines is 1. The zero-order valence-corrected chi connectivity index (χ0v) is 11.4. The fourth-order valence-electron chi connectivity index (χ4n) is 1.70. The summed E-state index contributed by atoms with van der Waals surface area (Å²) in [6, 6.07) is 0. The third-order valence-electron chi connectivity index (χ3n) is 2.58. The summed E-state index contributed by atoms with van der Waals surface area (Å²) in [5, 5.41) is 18.2. The normalized spacial score (nSPS) is 10.4. The van der Waals surface area contributed by atoms with Crippen LogP contribution in [0, 0.1) is 17.0 Å². The van der Waals surface area contributed by atoms with E-state index in [9.17, 15) is 10.1 Å². The molecule has 0 saturated carbocycles. The predicted molar refractivity (Wildman–Crippen MR) is 73.4 cm³/mol. The number of nitro groups is 1. The molecule has 0 unspecified atom stereocenters. The molecule has 0 fully saturated rings. The lowest BCUT2D eigenvalue weighted by molar-refractivity contribution is -0.384. The maximum Gasteiger partial charge on any atom is 0.333 e. The largest absolute Gasteiger partial charge is 0.379 e. The lowest BCUT2D eigenvalue weighted by atomic mass is 10.4. The summed E-state index contributed by atoms with van der Waals surface area (Å²) in [5.74, 6) is 0.442. The van der Waals surface area contributed by atoms with Gasteiger partial charge in [-0.2, -0.15) is 5.10 Å². The van der Waals surface area contributed by atoms with Crippen LogP contribution in [-0.4, -0.2) is 34.5 Å². The number of aromatic nitrogens is 2. The minimum Gasteiger partial charge on any atom is -0.379 e. The molecular formula is C12H20N4O3. The molecule has 106 valence electrons. The van der Waals surface area contributed by atoms with Gasteiger partial charge in [-0.05, 0) is 20.3 Å². The first-order valence-electron chi connectivity index (χ1n) is 6.26. The number of ether oxygens (including phenoxy) is 1. The molecular weight excluding hydrogens is 248 g/mol. The molecule has 0 aliphatic carbocycles. The molecule has 1 aromatic rings. The molecule has 1 aromatic heterocycles. The molecule has 0 aliphatic heterocycles. The van der Waals surface area contributed by atoms with Crippen LogP contribution in [0.4, 0.5) is 11.5 Å². The fraction of sp³-hybridized carbons (Fsp3) is 0.583. The number of rotatable bonds is 9. The average molecular weight is 268 g/mol. The quantitative estimate of drug-likeness (QED) is 0.321. The summed E-state index contributed by atoms with van der Waals surface area (Å²) < 4.78 is 6.94. The van der Waals surface area contributed by atoms with Gasteiger partial charge >= 0.3 is 5.69 Å². The first kappa shape index (κ1) is 15.2. The van der Waals surface area contributed by atoms with Crippen LogP contribution in [0.15, 0.2) is 12.7 Å². The van der Waals surface area contributed by atoms with E-state index in [1.807, 2.05) is 6.92 Å². The molecule has 0 radical (unpaired) electrons. The molecule has 0 aromatic carbocycles. The van der Waals surface area contributed by atoms with Crippen molar-refractivity contribution in [3.63, 3.8) is 0 Å². The van der Waals surface area contributed by atoms with Crippen molar-refractivity contribution in [2.75, 3.05) is 25.1 Å². The number of hydrogen-bond acceptors (Lipinski definition) is 5. The van der Waals surface area contributed by atoms with Gasteiger partial charge in [-0.25, -0.2) is 4.68 Å². The van der Waals surface area contributed by atoms with Gasteiger partial charge in [0.2, 0.25) is 5.82 Å². The Bertz CT molecular complexity index is 442. The molecule has 7 nitrogen and oxygen atoms in total. The summed E-state index contributed by atoms with van der Waals surface area (Å²) in [5.41, 5.74) is 0.454. The van der Waals surface area contributed by atoms with Crippen LogP contribution in [0.25, 0.3) is 0 Å². The molecule has 7 heteroatoms. The van der Waals surface area contributed by atoms with Crippen molar-refractivity contribution in [1.29, 1.82) is 0 Å². The molecule has 0 spiro atoms. The topological polar surface area (TPSA) is 82.2 Å². The van der Waals surface area contributed by atoms with E-state index in [1.165, 1.54) is 0 Å². The highest BCUT2D eigenvalue weighted by Crippen LogP contribution is 2.27. The molecule has 0 bridgehead atoms. The second-order valence-electron chi connectivity index (χ2n) is 3.97. The Morgan fingerprint density at radius 2 is 2.32 bits per heavy atom. The standard InChI is InChI=1S/C12H20N4O3/c1-4-6-8-19-9-7-13-12-11(16(17)18)10(3)14-15(12)5-2/h4,13H,1,5-9H2,2-3H3. The maximum absolute atomic E-state index is 11.0. The van der Waals surface area contributed by atoms with Crippen LogP contribution in [0.1, 0.15) is 19.0 Å². The van der Waals surface area contributed by atoms with E-state index in [0.717, 1.165) is 6.42 Å². The van der Waals surface area contributed by atoms with E-state index in [1.54, 1.807) is 17.7 Å². The predicted octanol–water partition coefficient (Wildman–Crippen LogP) is 2.12. The van der Waals surface area contributed by atoms with E-state index >= 15 is 0 Å². The van der Waals surface area contributed by atoms with Crippen molar-refractivity contribution in [3.8, 4) is 0 Å². The number of nitrogens with one attached hydrogen (secondary N) is 1. The van der Waals surface area contributed by atoms with Gasteiger partial charge in [0.1, 0.15) is 5.69 Å². The van der Waals surface area contributed by atoms with E-state index in [2.05, 4.69) is 17.0 Å². The molecule has 0 atom stereocenters. The van der Waals surface area contributed by atoms with Crippen LogP contribution >= 0.6 is 0 Å². The molecule has 1 heterocycles. The van der Waals surface area contributed by atoms with Crippen molar-refractivity contribution in [2.45, 2.75) is 26.8 Å². The lowest BCUT2D eigenvalue weighted by Gasteiger charge is -2.07. The summed E-state index contributed by atoms with van der Waals surface area (Å²) in [4.78, 5) is 10.6. The third-order valence-corrected chi connectivity index (χ3v) is 2.58. The van der Waals surface area contributed by atoms with Crippen LogP contribution < -0.4 is 5.32 Å². The summed E-state index contributed by atoms with van der Waals surface area (Å²) in [6.45, 7) is 9.30. The molecule has 1 rings (SSSR count). The van der Waals surface area contributed by atoms with E-state index in [-0.39, 0.29) is 5.69 Å². The van der Waals surface area contributed by atoms with Gasteiger partial charge in [0, 0.05) is 13.1 Å². The molecule has 19 heavy (non-hydrogen) atoms. The Labute approximate surface area is 112 Å². The van der Waals surface area contributed by atoms with Crippen LogP contribution in [0.5, 0.6) is 0 Å². The first-order chi connectivity index (χ1) is 9.11. The second-order valence-corrected chi connectivity index (χ2v) is 3.97. The number of aryl methyl sites for hydroxylation is 2. The highest BCUT2D eigenvalue weighted by atomic mass is 16.6. The monoisotopic (exact) mass is 268 g/mol. The van der Waals surface area contributed by atoms with Crippen molar-refractivity contribution in [1.82, 2.24) is 9.78 Å². The van der Waals surface area contributed by atoms with Gasteiger partial charge in [0.25, 0.3) is 0 Å². The third kappa shape index (κ3) is 4.06. The zero-order chi connectivity index (χ0) is 14.3. The Kier molecular flexibility index (Phi) is 6.01. The maximum atomic E-state index is 11.0.